The zero-order valence-electron chi connectivity index (χ0n) is 10.7. The third-order valence-corrected chi connectivity index (χ3v) is 2.56. The first-order valence-corrected chi connectivity index (χ1v) is 5.55. The van der Waals surface area contributed by atoms with Crippen molar-refractivity contribution in [3.05, 3.63) is 12.7 Å². The van der Waals surface area contributed by atoms with Gasteiger partial charge in [0.05, 0.1) is 6.42 Å². The van der Waals surface area contributed by atoms with E-state index in [1.54, 1.807) is 6.08 Å². The minimum absolute atomic E-state index is 0.193. The van der Waals surface area contributed by atoms with E-state index in [1.165, 1.54) is 0 Å². The maximum Gasteiger partial charge on any atom is 0.310 e. The fraction of sp³-hybridized carbons (Fsp3) is 0.769. The second-order valence-corrected chi connectivity index (χ2v) is 5.42. The predicted octanol–water partition coefficient (Wildman–Crippen LogP) is 3.71. The molecule has 15 heavy (non-hydrogen) atoms. The molecule has 2 nitrogen and oxygen atoms in total. The van der Waals surface area contributed by atoms with Crippen molar-refractivity contribution in [1.29, 1.82) is 0 Å². The fourth-order valence-corrected chi connectivity index (χ4v) is 1.78. The van der Waals surface area contributed by atoms with Gasteiger partial charge in [-0.25, -0.2) is 0 Å². The Bertz CT molecular complexity index is 227. The molecule has 0 aliphatic carbocycles. The SMILES string of the molecule is C=CCC(=O)OC(C)(C)CC(C)(C)CC. The lowest BCUT2D eigenvalue weighted by Crippen LogP contribution is -2.33. The maximum absolute atomic E-state index is 11.3. The van der Waals surface area contributed by atoms with Crippen LogP contribution in [-0.4, -0.2) is 11.6 Å². The van der Waals surface area contributed by atoms with Gasteiger partial charge in [0, 0.05) is 0 Å². The van der Waals surface area contributed by atoms with Crippen molar-refractivity contribution in [2.45, 2.75) is 59.5 Å². The Hall–Kier alpha value is -0.790. The van der Waals surface area contributed by atoms with Crippen molar-refractivity contribution in [1.82, 2.24) is 0 Å². The Morgan fingerprint density at radius 3 is 2.27 bits per heavy atom. The minimum atomic E-state index is -0.389. The standard InChI is InChI=1S/C13H24O2/c1-7-9-11(14)15-13(5,6)10-12(3,4)8-2/h7H,1,8-10H2,2-6H3. The van der Waals surface area contributed by atoms with Gasteiger partial charge in [0.25, 0.3) is 0 Å². The number of hydrogen-bond acceptors (Lipinski definition) is 2. The number of rotatable bonds is 6. The van der Waals surface area contributed by atoms with Gasteiger partial charge in [-0.2, -0.15) is 0 Å². The summed E-state index contributed by atoms with van der Waals surface area (Å²) in [6.07, 6.45) is 3.81. The average Bonchev–Trinajstić information content (AvgIpc) is 2.01. The molecule has 0 fully saturated rings. The van der Waals surface area contributed by atoms with Crippen LogP contribution in [0.1, 0.15) is 53.9 Å². The van der Waals surface area contributed by atoms with E-state index < -0.39 is 0 Å². The molecule has 2 heteroatoms. The lowest BCUT2D eigenvalue weighted by molar-refractivity contribution is -0.158. The quantitative estimate of drug-likeness (QED) is 0.495. The van der Waals surface area contributed by atoms with E-state index in [2.05, 4.69) is 27.4 Å². The summed E-state index contributed by atoms with van der Waals surface area (Å²) >= 11 is 0. The third-order valence-electron chi connectivity index (χ3n) is 2.56. The number of carbonyl (C=O) groups is 1. The number of hydrogen-bond donors (Lipinski definition) is 0. The summed E-state index contributed by atoms with van der Waals surface area (Å²) in [5.41, 5.74) is -0.183. The summed E-state index contributed by atoms with van der Waals surface area (Å²) in [7, 11) is 0. The number of esters is 1. The first-order valence-electron chi connectivity index (χ1n) is 5.55. The molecule has 0 aliphatic heterocycles. The molecule has 0 unspecified atom stereocenters. The minimum Gasteiger partial charge on any atom is -0.459 e. The second kappa shape index (κ2) is 5.34. The molecule has 0 N–H and O–H groups in total. The molecular formula is C13H24O2. The molecule has 0 aromatic heterocycles. The van der Waals surface area contributed by atoms with Gasteiger partial charge in [-0.05, 0) is 25.7 Å². The predicted molar refractivity (Wildman–Crippen MR) is 63.7 cm³/mol. The lowest BCUT2D eigenvalue weighted by Gasteiger charge is -2.33. The summed E-state index contributed by atoms with van der Waals surface area (Å²) in [5.74, 6) is -0.193. The van der Waals surface area contributed by atoms with E-state index in [-0.39, 0.29) is 23.4 Å². The van der Waals surface area contributed by atoms with Crippen molar-refractivity contribution in [3.8, 4) is 0 Å². The molecule has 0 aromatic rings. The van der Waals surface area contributed by atoms with E-state index in [0.717, 1.165) is 12.8 Å². The molecule has 0 saturated carbocycles. The Balaban J connectivity index is 4.29. The van der Waals surface area contributed by atoms with Crippen LogP contribution in [0.5, 0.6) is 0 Å². The van der Waals surface area contributed by atoms with E-state index >= 15 is 0 Å². The molecule has 0 saturated heterocycles. The van der Waals surface area contributed by atoms with E-state index in [4.69, 9.17) is 4.74 Å². The molecule has 0 aliphatic rings. The lowest BCUT2D eigenvalue weighted by atomic mass is 9.80. The first kappa shape index (κ1) is 14.2. The van der Waals surface area contributed by atoms with Crippen molar-refractivity contribution >= 4 is 5.97 Å². The van der Waals surface area contributed by atoms with Crippen LogP contribution in [0.2, 0.25) is 0 Å². The molecule has 0 aromatic carbocycles. The van der Waals surface area contributed by atoms with Gasteiger partial charge in [-0.15, -0.1) is 6.58 Å². The molecule has 0 bridgehead atoms. The zero-order valence-corrected chi connectivity index (χ0v) is 10.7. The van der Waals surface area contributed by atoms with Gasteiger partial charge in [0.2, 0.25) is 0 Å². The Kier molecular flexibility index (Phi) is 5.06. The van der Waals surface area contributed by atoms with Crippen molar-refractivity contribution in [3.63, 3.8) is 0 Å². The summed E-state index contributed by atoms with van der Waals surface area (Å²) in [6.45, 7) is 14.0. The molecule has 0 radical (unpaired) electrons. The molecule has 0 atom stereocenters. The van der Waals surface area contributed by atoms with Crippen LogP contribution in [0.3, 0.4) is 0 Å². The van der Waals surface area contributed by atoms with Crippen molar-refractivity contribution < 1.29 is 9.53 Å². The Labute approximate surface area is 93.7 Å². The molecule has 0 heterocycles. The van der Waals surface area contributed by atoms with E-state index in [0.29, 0.717) is 0 Å². The van der Waals surface area contributed by atoms with Crippen LogP contribution < -0.4 is 0 Å². The highest BCUT2D eigenvalue weighted by atomic mass is 16.6. The van der Waals surface area contributed by atoms with E-state index in [1.807, 2.05) is 13.8 Å². The summed E-state index contributed by atoms with van der Waals surface area (Å²) in [5, 5.41) is 0. The maximum atomic E-state index is 11.3. The largest absolute Gasteiger partial charge is 0.459 e. The van der Waals surface area contributed by atoms with Crippen LogP contribution in [-0.2, 0) is 9.53 Å². The molecule has 0 amide bonds. The van der Waals surface area contributed by atoms with Gasteiger partial charge >= 0.3 is 5.97 Å². The van der Waals surface area contributed by atoms with Crippen LogP contribution in [0.25, 0.3) is 0 Å². The Morgan fingerprint density at radius 2 is 1.87 bits per heavy atom. The second-order valence-electron chi connectivity index (χ2n) is 5.42. The Morgan fingerprint density at radius 1 is 1.33 bits per heavy atom. The highest BCUT2D eigenvalue weighted by Crippen LogP contribution is 2.32. The zero-order chi connectivity index (χ0) is 12.1. The molecular weight excluding hydrogens is 188 g/mol. The highest BCUT2D eigenvalue weighted by molar-refractivity contribution is 5.71. The van der Waals surface area contributed by atoms with E-state index in [9.17, 15) is 4.79 Å². The fourth-order valence-electron chi connectivity index (χ4n) is 1.78. The summed E-state index contributed by atoms with van der Waals surface area (Å²) < 4.78 is 5.41. The van der Waals surface area contributed by atoms with Crippen LogP contribution in [0.4, 0.5) is 0 Å². The van der Waals surface area contributed by atoms with Gasteiger partial charge in [-0.3, -0.25) is 4.79 Å². The van der Waals surface area contributed by atoms with Gasteiger partial charge in [-0.1, -0.05) is 33.3 Å². The number of carbonyl (C=O) groups excluding carboxylic acids is 1. The summed E-state index contributed by atoms with van der Waals surface area (Å²) in [4.78, 5) is 11.3. The van der Waals surface area contributed by atoms with Crippen LogP contribution in [0.15, 0.2) is 12.7 Å². The normalized spacial score (nSPS) is 12.3. The monoisotopic (exact) mass is 212 g/mol. The highest BCUT2D eigenvalue weighted by Gasteiger charge is 2.30. The van der Waals surface area contributed by atoms with Crippen LogP contribution in [0, 0.1) is 5.41 Å². The number of ether oxygens (including phenoxy) is 1. The first-order chi connectivity index (χ1) is 6.72. The van der Waals surface area contributed by atoms with Gasteiger partial charge < -0.3 is 4.74 Å². The topological polar surface area (TPSA) is 26.3 Å². The third kappa shape index (κ3) is 6.32. The molecule has 88 valence electrons. The van der Waals surface area contributed by atoms with Crippen LogP contribution >= 0.6 is 0 Å². The van der Waals surface area contributed by atoms with Crippen molar-refractivity contribution in [2.75, 3.05) is 0 Å². The van der Waals surface area contributed by atoms with Gasteiger partial charge in [0.15, 0.2) is 0 Å². The average molecular weight is 212 g/mol. The summed E-state index contributed by atoms with van der Waals surface area (Å²) in [6, 6.07) is 0. The smallest absolute Gasteiger partial charge is 0.310 e. The molecule has 0 spiro atoms. The van der Waals surface area contributed by atoms with Crippen molar-refractivity contribution in [2.24, 2.45) is 5.41 Å². The van der Waals surface area contributed by atoms with Gasteiger partial charge in [0.1, 0.15) is 5.60 Å². The molecule has 0 rings (SSSR count).